The molecule has 1 aliphatic heterocycles. The van der Waals surface area contributed by atoms with Crippen LogP contribution in [0.3, 0.4) is 0 Å². The van der Waals surface area contributed by atoms with Crippen molar-refractivity contribution in [2.24, 2.45) is 0 Å². The first-order chi connectivity index (χ1) is 8.63. The fourth-order valence-corrected chi connectivity index (χ4v) is 2.15. The number of hydrogen-bond acceptors (Lipinski definition) is 2. The lowest BCUT2D eigenvalue weighted by Gasteiger charge is -2.26. The molecule has 1 atom stereocenters. The molecular weight excluding hydrogens is 228 g/mol. The van der Waals surface area contributed by atoms with Gasteiger partial charge in [0.25, 0.3) is 5.91 Å². The summed E-state index contributed by atoms with van der Waals surface area (Å²) in [6.45, 7) is 3.68. The fraction of sp³-hybridized carbons (Fsp3) is 0.286. The minimum atomic E-state index is -0.155. The number of nitrogens with zero attached hydrogens (tertiary/aromatic N) is 1. The highest BCUT2D eigenvalue weighted by Gasteiger charge is 2.28. The molecule has 4 nitrogen and oxygen atoms in total. The minimum Gasteiger partial charge on any atom is -0.324 e. The van der Waals surface area contributed by atoms with Crippen LogP contribution in [0.1, 0.15) is 20.3 Å². The number of fused-ring (bicyclic) bond motifs is 1. The summed E-state index contributed by atoms with van der Waals surface area (Å²) in [5.41, 5.74) is 1.43. The number of rotatable bonds is 1. The lowest BCUT2D eigenvalue weighted by atomic mass is 10.1. The number of para-hydroxylation sites is 2. The maximum absolute atomic E-state index is 12.1. The maximum Gasteiger partial charge on any atom is 0.250 e. The molecule has 0 aromatic heterocycles. The van der Waals surface area contributed by atoms with Crippen molar-refractivity contribution in [2.45, 2.75) is 26.3 Å². The van der Waals surface area contributed by atoms with Crippen LogP contribution in [0.25, 0.3) is 0 Å². The average Bonchev–Trinajstić information content (AvgIpc) is 2.43. The van der Waals surface area contributed by atoms with E-state index in [2.05, 4.69) is 5.32 Å². The zero-order valence-corrected chi connectivity index (χ0v) is 10.5. The molecule has 1 aliphatic rings. The van der Waals surface area contributed by atoms with Gasteiger partial charge in [-0.25, -0.2) is 0 Å². The lowest BCUT2D eigenvalue weighted by Crippen LogP contribution is -2.37. The van der Waals surface area contributed by atoms with Gasteiger partial charge in [0.05, 0.1) is 11.4 Å². The van der Waals surface area contributed by atoms with Crippen LogP contribution in [-0.4, -0.2) is 17.9 Å². The molecule has 0 spiro atoms. The SMILES string of the molecule is CC=CC(=O)N1c2ccccc2NC(=O)CC1C. The number of carbonyl (C=O) groups is 2. The van der Waals surface area contributed by atoms with E-state index in [1.807, 2.05) is 25.1 Å². The molecule has 1 aromatic rings. The highest BCUT2D eigenvalue weighted by Crippen LogP contribution is 2.31. The second-order valence-corrected chi connectivity index (χ2v) is 4.33. The van der Waals surface area contributed by atoms with Crippen LogP contribution in [-0.2, 0) is 9.59 Å². The normalized spacial score (nSPS) is 19.3. The lowest BCUT2D eigenvalue weighted by molar-refractivity contribution is -0.116. The summed E-state index contributed by atoms with van der Waals surface area (Å²) in [4.78, 5) is 25.5. The third-order valence-electron chi connectivity index (χ3n) is 2.91. The number of benzene rings is 1. The van der Waals surface area contributed by atoms with Gasteiger partial charge in [-0.15, -0.1) is 0 Å². The zero-order valence-electron chi connectivity index (χ0n) is 10.5. The Bertz CT molecular complexity index is 508. The van der Waals surface area contributed by atoms with Crippen LogP contribution in [0.15, 0.2) is 36.4 Å². The third-order valence-corrected chi connectivity index (χ3v) is 2.91. The van der Waals surface area contributed by atoms with Crippen LogP contribution in [0.5, 0.6) is 0 Å². The predicted octanol–water partition coefficient (Wildman–Crippen LogP) is 2.33. The average molecular weight is 244 g/mol. The molecule has 1 unspecified atom stereocenters. The summed E-state index contributed by atoms with van der Waals surface area (Å²) in [7, 11) is 0. The molecule has 0 radical (unpaired) electrons. The molecule has 0 saturated carbocycles. The predicted molar refractivity (Wildman–Crippen MR) is 71.5 cm³/mol. The summed E-state index contributed by atoms with van der Waals surface area (Å²) in [5.74, 6) is -0.167. The number of carbonyl (C=O) groups excluding carboxylic acids is 2. The van der Waals surface area contributed by atoms with Crippen LogP contribution in [0, 0.1) is 0 Å². The Balaban J connectivity index is 2.49. The number of allylic oxidation sites excluding steroid dienone is 1. The molecule has 0 fully saturated rings. The second-order valence-electron chi connectivity index (χ2n) is 4.33. The van der Waals surface area contributed by atoms with E-state index >= 15 is 0 Å². The van der Waals surface area contributed by atoms with Gasteiger partial charge < -0.3 is 10.2 Å². The van der Waals surface area contributed by atoms with Crippen LogP contribution >= 0.6 is 0 Å². The summed E-state index contributed by atoms with van der Waals surface area (Å²) in [6, 6.07) is 7.20. The van der Waals surface area contributed by atoms with E-state index in [-0.39, 0.29) is 17.9 Å². The van der Waals surface area contributed by atoms with Crippen molar-refractivity contribution >= 4 is 23.2 Å². The second kappa shape index (κ2) is 5.04. The first-order valence-electron chi connectivity index (χ1n) is 5.98. The summed E-state index contributed by atoms with van der Waals surface area (Å²) in [5, 5.41) is 2.82. The molecule has 94 valence electrons. The molecule has 0 bridgehead atoms. The molecule has 2 amide bonds. The Labute approximate surface area is 106 Å². The van der Waals surface area contributed by atoms with Crippen molar-refractivity contribution in [2.75, 3.05) is 10.2 Å². The van der Waals surface area contributed by atoms with Gasteiger partial charge in [0.1, 0.15) is 0 Å². The van der Waals surface area contributed by atoms with E-state index in [9.17, 15) is 9.59 Å². The van der Waals surface area contributed by atoms with Gasteiger partial charge in [-0.1, -0.05) is 18.2 Å². The first kappa shape index (κ1) is 12.4. The van der Waals surface area contributed by atoms with Gasteiger partial charge >= 0.3 is 0 Å². The van der Waals surface area contributed by atoms with Crippen LogP contribution in [0.2, 0.25) is 0 Å². The van der Waals surface area contributed by atoms with Crippen molar-refractivity contribution in [1.29, 1.82) is 0 Å². The smallest absolute Gasteiger partial charge is 0.250 e. The standard InChI is InChI=1S/C14H16N2O2/c1-3-6-14(18)16-10(2)9-13(17)15-11-7-4-5-8-12(11)16/h3-8,10H,9H2,1-2H3,(H,15,17). The van der Waals surface area contributed by atoms with Crippen molar-refractivity contribution < 1.29 is 9.59 Å². The quantitative estimate of drug-likeness (QED) is 0.771. The van der Waals surface area contributed by atoms with E-state index in [1.165, 1.54) is 6.08 Å². The molecule has 1 heterocycles. The highest BCUT2D eigenvalue weighted by molar-refractivity contribution is 6.08. The van der Waals surface area contributed by atoms with E-state index in [4.69, 9.17) is 0 Å². The first-order valence-corrected chi connectivity index (χ1v) is 5.98. The number of hydrogen-bond donors (Lipinski definition) is 1. The van der Waals surface area contributed by atoms with Gasteiger partial charge in [-0.3, -0.25) is 9.59 Å². The molecule has 0 aliphatic carbocycles. The van der Waals surface area contributed by atoms with Crippen molar-refractivity contribution in [3.63, 3.8) is 0 Å². The topological polar surface area (TPSA) is 49.4 Å². The fourth-order valence-electron chi connectivity index (χ4n) is 2.15. The summed E-state index contributed by atoms with van der Waals surface area (Å²) in [6.07, 6.45) is 3.53. The number of anilines is 2. The molecular formula is C14H16N2O2. The van der Waals surface area contributed by atoms with E-state index < -0.39 is 0 Å². The third kappa shape index (κ3) is 2.27. The van der Waals surface area contributed by atoms with Gasteiger partial charge in [0.15, 0.2) is 0 Å². The van der Waals surface area contributed by atoms with Crippen molar-refractivity contribution in [1.82, 2.24) is 0 Å². The minimum absolute atomic E-state index is 0.0641. The Hall–Kier alpha value is -2.10. The summed E-state index contributed by atoms with van der Waals surface area (Å²) < 4.78 is 0. The Morgan fingerprint density at radius 1 is 1.44 bits per heavy atom. The zero-order chi connectivity index (χ0) is 13.1. The van der Waals surface area contributed by atoms with Crippen molar-refractivity contribution in [3.8, 4) is 0 Å². The molecule has 2 rings (SSSR count). The molecule has 18 heavy (non-hydrogen) atoms. The van der Waals surface area contributed by atoms with Gasteiger partial charge in [-0.2, -0.15) is 0 Å². The molecule has 1 N–H and O–H groups in total. The van der Waals surface area contributed by atoms with E-state index in [1.54, 1.807) is 24.0 Å². The Kier molecular flexibility index (Phi) is 3.46. The van der Waals surface area contributed by atoms with Crippen molar-refractivity contribution in [3.05, 3.63) is 36.4 Å². The highest BCUT2D eigenvalue weighted by atomic mass is 16.2. The van der Waals surface area contributed by atoms with Gasteiger partial charge in [-0.05, 0) is 32.1 Å². The number of amides is 2. The Morgan fingerprint density at radius 3 is 2.89 bits per heavy atom. The Morgan fingerprint density at radius 2 is 2.17 bits per heavy atom. The summed E-state index contributed by atoms with van der Waals surface area (Å²) >= 11 is 0. The van der Waals surface area contributed by atoms with Crippen LogP contribution in [0.4, 0.5) is 11.4 Å². The van der Waals surface area contributed by atoms with E-state index in [0.717, 1.165) is 5.69 Å². The number of nitrogens with one attached hydrogen (secondary N) is 1. The van der Waals surface area contributed by atoms with Crippen LogP contribution < -0.4 is 10.2 Å². The monoisotopic (exact) mass is 244 g/mol. The molecule has 4 heteroatoms. The van der Waals surface area contributed by atoms with E-state index in [0.29, 0.717) is 12.1 Å². The molecule has 1 aromatic carbocycles. The molecule has 0 saturated heterocycles. The van der Waals surface area contributed by atoms with Gasteiger partial charge in [0, 0.05) is 12.5 Å². The maximum atomic E-state index is 12.1. The van der Waals surface area contributed by atoms with Gasteiger partial charge in [0.2, 0.25) is 5.91 Å². The largest absolute Gasteiger partial charge is 0.324 e.